The molecule has 1 radical (unpaired) electrons. The van der Waals surface area contributed by atoms with Gasteiger partial charge >= 0.3 is 249 Å². The first-order chi connectivity index (χ1) is 19.7. The second-order valence-corrected chi connectivity index (χ2v) is 11.9. The number of nitrogens with one attached hydrogen (secondary N) is 4. The molecule has 0 bridgehead atoms. The van der Waals surface area contributed by atoms with Gasteiger partial charge in [-0.25, -0.2) is 0 Å². The van der Waals surface area contributed by atoms with Crippen molar-refractivity contribution >= 4 is 36.5 Å². The van der Waals surface area contributed by atoms with Gasteiger partial charge in [0, 0.05) is 0 Å². The molecule has 0 unspecified atom stereocenters. The Bertz CT molecular complexity index is 1210. The van der Waals surface area contributed by atoms with Gasteiger partial charge in [-0.15, -0.1) is 0 Å². The molecule has 2 aliphatic rings. The molecule has 4 atom stereocenters. The first kappa shape index (κ1) is 31.1. The number of carbonyl (C=O) groups is 2. The summed E-state index contributed by atoms with van der Waals surface area (Å²) in [7, 11) is 6.54. The molecule has 0 aromatic heterocycles. The van der Waals surface area contributed by atoms with E-state index in [-0.39, 0.29) is 24.3 Å². The van der Waals surface area contributed by atoms with E-state index in [1.165, 1.54) is 0 Å². The van der Waals surface area contributed by atoms with E-state index < -0.39 is 24.2 Å². The normalized spacial score (nSPS) is 25.1. The Labute approximate surface area is 249 Å². The summed E-state index contributed by atoms with van der Waals surface area (Å²) in [6.07, 6.45) is 2.75. The number of β-amino-alcohol motifs (C(OH)–C–C–N with tert-alkyl or cyclic N) is 1. The number of benzene rings is 2. The van der Waals surface area contributed by atoms with Gasteiger partial charge < -0.3 is 0 Å². The zero-order chi connectivity index (χ0) is 29.4. The van der Waals surface area contributed by atoms with Gasteiger partial charge in [0.1, 0.15) is 0 Å². The average Bonchev–Trinajstić information content (AvgIpc) is 3.76. The molecular formula is C31H41BClN4O4. The Kier molecular flexibility index (Phi) is 11.3. The van der Waals surface area contributed by atoms with Crippen molar-refractivity contribution in [2.75, 3.05) is 19.7 Å². The van der Waals surface area contributed by atoms with Crippen LogP contribution in [0.1, 0.15) is 44.2 Å². The SMILES string of the molecule is [B]=C1N[C@@H](CC2CC2)C(=O)NC[C@H](O)Cc2ccccc2OCCN[C@H](Cc2cccc(Cl)c2)C(=O)N[C@@H]1C(C)C. The van der Waals surface area contributed by atoms with Crippen LogP contribution < -0.4 is 26.0 Å². The van der Waals surface area contributed by atoms with Gasteiger partial charge in [0.2, 0.25) is 0 Å². The third-order valence-corrected chi connectivity index (χ3v) is 7.79. The van der Waals surface area contributed by atoms with Crippen LogP contribution in [0.3, 0.4) is 0 Å². The summed E-state index contributed by atoms with van der Waals surface area (Å²) in [6, 6.07) is 13.3. The Morgan fingerprint density at radius 2 is 1.83 bits per heavy atom. The standard InChI is InChI=1S/C31H41BClN4O4/c1-19(2)28-29(32)36-26(15-20-10-11-20)30(39)35-18-24(38)17-22-7-3-4-9-27(22)41-13-12-34-25(31(40)37-28)16-21-6-5-8-23(33)14-21/h3-9,14,19-20,24-26,28,34,36,38H,10-13,15-18H2,1-2H3,(H,35,39)(H,37,40)/t24-,25-,26+,28-/m1/s1. The van der Waals surface area contributed by atoms with E-state index in [2.05, 4.69) is 21.3 Å². The molecule has 1 heterocycles. The average molecular weight is 580 g/mol. The van der Waals surface area contributed by atoms with Crippen LogP contribution in [0, 0.1) is 11.8 Å². The second kappa shape index (κ2) is 14.8. The third kappa shape index (κ3) is 9.59. The van der Waals surface area contributed by atoms with E-state index in [0.29, 0.717) is 54.7 Å². The molecule has 219 valence electrons. The fraction of sp³-hybridized carbons (Fsp3) is 0.516. The summed E-state index contributed by atoms with van der Waals surface area (Å²) in [6.45, 7) is 4.78. The molecule has 4 rings (SSSR count). The molecule has 1 saturated carbocycles. The van der Waals surface area contributed by atoms with Crippen LogP contribution in [-0.2, 0) is 22.4 Å². The van der Waals surface area contributed by atoms with Crippen LogP contribution in [0.5, 0.6) is 5.75 Å². The number of aliphatic hydroxyl groups excluding tert-OH is 1. The molecule has 1 aliphatic heterocycles. The van der Waals surface area contributed by atoms with Crippen LogP contribution in [0.15, 0.2) is 48.5 Å². The summed E-state index contributed by atoms with van der Waals surface area (Å²) in [5, 5.41) is 23.9. The predicted octanol–water partition coefficient (Wildman–Crippen LogP) is 2.15. The molecule has 1 aliphatic carbocycles. The number of para-hydroxylation sites is 1. The molecule has 10 heteroatoms. The fourth-order valence-corrected chi connectivity index (χ4v) is 5.31. The van der Waals surface area contributed by atoms with Crippen molar-refractivity contribution in [2.45, 2.75) is 70.2 Å². The van der Waals surface area contributed by atoms with E-state index in [9.17, 15) is 14.7 Å². The molecule has 2 aromatic rings. The molecule has 8 nitrogen and oxygen atoms in total. The van der Waals surface area contributed by atoms with Gasteiger partial charge in [-0.3, -0.25) is 0 Å². The molecule has 0 spiro atoms. The van der Waals surface area contributed by atoms with Crippen molar-refractivity contribution in [2.24, 2.45) is 11.8 Å². The molecule has 41 heavy (non-hydrogen) atoms. The van der Waals surface area contributed by atoms with Gasteiger partial charge in [0.05, 0.1) is 0 Å². The maximum atomic E-state index is 13.7. The zero-order valence-corrected chi connectivity index (χ0v) is 24.6. The van der Waals surface area contributed by atoms with Crippen molar-refractivity contribution in [3.05, 3.63) is 64.7 Å². The third-order valence-electron chi connectivity index (χ3n) is 7.56. The first-order valence-electron chi connectivity index (χ1n) is 14.5. The van der Waals surface area contributed by atoms with Gasteiger partial charge in [-0.1, -0.05) is 0 Å². The van der Waals surface area contributed by atoms with Crippen molar-refractivity contribution < 1.29 is 19.4 Å². The topological polar surface area (TPSA) is 112 Å². The number of aliphatic hydroxyl groups is 1. The van der Waals surface area contributed by atoms with Gasteiger partial charge in [0.25, 0.3) is 0 Å². The molecule has 0 saturated heterocycles. The van der Waals surface area contributed by atoms with E-state index in [1.807, 2.05) is 56.3 Å². The zero-order valence-electron chi connectivity index (χ0n) is 23.9. The second-order valence-electron chi connectivity index (χ2n) is 11.5. The van der Waals surface area contributed by atoms with Gasteiger partial charge in [0.15, 0.2) is 0 Å². The number of ether oxygens (including phenoxy) is 1. The monoisotopic (exact) mass is 579 g/mol. The quantitative estimate of drug-likeness (QED) is 0.347. The van der Waals surface area contributed by atoms with Crippen LogP contribution in [0.4, 0.5) is 0 Å². The Balaban J connectivity index is 1.58. The molecule has 2 amide bonds. The number of halogens is 1. The number of hydrogen-bond donors (Lipinski definition) is 5. The minimum absolute atomic E-state index is 0.0323. The summed E-state index contributed by atoms with van der Waals surface area (Å²) < 4.78 is 6.05. The van der Waals surface area contributed by atoms with Crippen molar-refractivity contribution in [1.82, 2.24) is 21.3 Å². The van der Waals surface area contributed by atoms with Crippen LogP contribution in [0.2, 0.25) is 5.02 Å². The van der Waals surface area contributed by atoms with Crippen molar-refractivity contribution in [1.29, 1.82) is 0 Å². The molecular weight excluding hydrogens is 539 g/mol. The number of fused-ring (bicyclic) bond motifs is 1. The van der Waals surface area contributed by atoms with Crippen molar-refractivity contribution in [3.8, 4) is 5.75 Å². The van der Waals surface area contributed by atoms with E-state index in [4.69, 9.17) is 23.8 Å². The number of hydrogen-bond acceptors (Lipinski definition) is 6. The Morgan fingerprint density at radius 1 is 1.05 bits per heavy atom. The van der Waals surface area contributed by atoms with Crippen LogP contribution >= 0.6 is 11.6 Å². The number of carbonyl (C=O) groups excluding carboxylic acids is 2. The van der Waals surface area contributed by atoms with Crippen molar-refractivity contribution in [3.63, 3.8) is 0 Å². The summed E-state index contributed by atoms with van der Waals surface area (Å²) in [5.74, 6) is 0.652. The fourth-order valence-electron chi connectivity index (χ4n) is 5.10. The predicted molar refractivity (Wildman–Crippen MR) is 163 cm³/mol. The van der Waals surface area contributed by atoms with Crippen LogP contribution in [-0.4, -0.2) is 73.9 Å². The number of rotatable bonds is 5. The Hall–Kier alpha value is -2.88. The first-order valence-corrected chi connectivity index (χ1v) is 14.9. The summed E-state index contributed by atoms with van der Waals surface area (Å²) in [5.41, 5.74) is 2.10. The van der Waals surface area contributed by atoms with Gasteiger partial charge in [-0.2, -0.15) is 0 Å². The molecule has 5 N–H and O–H groups in total. The van der Waals surface area contributed by atoms with E-state index >= 15 is 0 Å². The van der Waals surface area contributed by atoms with Crippen LogP contribution in [0.25, 0.3) is 0 Å². The Morgan fingerprint density at radius 3 is 2.56 bits per heavy atom. The summed E-state index contributed by atoms with van der Waals surface area (Å²) >= 11 is 6.22. The van der Waals surface area contributed by atoms with E-state index in [0.717, 1.165) is 24.0 Å². The number of amides is 2. The summed E-state index contributed by atoms with van der Waals surface area (Å²) in [4.78, 5) is 26.9. The molecule has 1 fully saturated rings. The molecule has 2 aromatic carbocycles. The van der Waals surface area contributed by atoms with E-state index in [1.54, 1.807) is 6.07 Å². The maximum absolute atomic E-state index is 13.7. The van der Waals surface area contributed by atoms with Gasteiger partial charge in [-0.05, 0) is 0 Å². The minimum atomic E-state index is -0.784.